The molecule has 3 nitrogen and oxygen atoms in total. The first kappa shape index (κ1) is 12.1. The van der Waals surface area contributed by atoms with E-state index in [1.807, 2.05) is 0 Å². The lowest BCUT2D eigenvalue weighted by molar-refractivity contribution is -0.153. The van der Waals surface area contributed by atoms with Crippen molar-refractivity contribution in [3.63, 3.8) is 0 Å². The number of hydrogen-bond acceptors (Lipinski definition) is 3. The molecule has 1 rings (SSSR count). The van der Waals surface area contributed by atoms with E-state index in [4.69, 9.17) is 0 Å². The van der Waals surface area contributed by atoms with Gasteiger partial charge in [0.25, 0.3) is 0 Å². The second-order valence-corrected chi connectivity index (χ2v) is 3.67. The minimum Gasteiger partial charge on any atom is -0.464 e. The summed E-state index contributed by atoms with van der Waals surface area (Å²) in [6.45, 7) is 1.83. The van der Waals surface area contributed by atoms with Gasteiger partial charge in [0.15, 0.2) is 6.10 Å². The van der Waals surface area contributed by atoms with Gasteiger partial charge in [-0.15, -0.1) is 0 Å². The van der Waals surface area contributed by atoms with Gasteiger partial charge >= 0.3 is 5.97 Å². The van der Waals surface area contributed by atoms with Crippen molar-refractivity contribution in [3.8, 4) is 0 Å². The van der Waals surface area contributed by atoms with Crippen LogP contribution in [0.4, 0.5) is 4.39 Å². The lowest BCUT2D eigenvalue weighted by Gasteiger charge is -2.11. The molecule has 0 amide bonds. The van der Waals surface area contributed by atoms with Crippen LogP contribution in [0.1, 0.15) is 18.6 Å². The van der Waals surface area contributed by atoms with Crippen LogP contribution in [0.25, 0.3) is 0 Å². The fourth-order valence-corrected chi connectivity index (χ4v) is 1.64. The van der Waals surface area contributed by atoms with Crippen LogP contribution in [-0.2, 0) is 9.53 Å². The fraction of sp³-hybridized carbons (Fsp3) is 0.300. The molecule has 1 unspecified atom stereocenters. The van der Waals surface area contributed by atoms with Crippen molar-refractivity contribution in [2.45, 2.75) is 13.0 Å². The number of hydrogen-bond donors (Lipinski definition) is 1. The summed E-state index contributed by atoms with van der Waals surface area (Å²) in [5, 5.41) is 9.56. The predicted octanol–water partition coefficient (Wildman–Crippen LogP) is 2.18. The molecule has 0 spiro atoms. The van der Waals surface area contributed by atoms with Crippen molar-refractivity contribution in [1.82, 2.24) is 0 Å². The Labute approximate surface area is 95.0 Å². The summed E-state index contributed by atoms with van der Waals surface area (Å²) < 4.78 is 17.7. The highest BCUT2D eigenvalue weighted by atomic mass is 79.9. The number of carbonyl (C=O) groups is 1. The highest BCUT2D eigenvalue weighted by Gasteiger charge is 2.21. The normalized spacial score (nSPS) is 12.3. The number of aliphatic hydroxyl groups is 1. The fourth-order valence-electron chi connectivity index (χ4n) is 1.07. The van der Waals surface area contributed by atoms with Crippen molar-refractivity contribution in [3.05, 3.63) is 34.1 Å². The van der Waals surface area contributed by atoms with E-state index >= 15 is 0 Å². The Hall–Kier alpha value is -0.940. The maximum atomic E-state index is 12.7. The highest BCUT2D eigenvalue weighted by Crippen LogP contribution is 2.25. The quantitative estimate of drug-likeness (QED) is 0.861. The molecule has 0 aliphatic heterocycles. The number of halogens is 2. The summed E-state index contributed by atoms with van der Waals surface area (Å²) >= 11 is 3.06. The van der Waals surface area contributed by atoms with Gasteiger partial charge in [0.2, 0.25) is 0 Å². The molecule has 15 heavy (non-hydrogen) atoms. The molecule has 0 radical (unpaired) electrons. The van der Waals surface area contributed by atoms with Crippen LogP contribution < -0.4 is 0 Å². The molecule has 0 aliphatic carbocycles. The molecule has 0 saturated heterocycles. The van der Waals surface area contributed by atoms with Gasteiger partial charge in [0, 0.05) is 10.0 Å². The van der Waals surface area contributed by atoms with Gasteiger partial charge in [0.05, 0.1) is 6.61 Å². The average molecular weight is 277 g/mol. The van der Waals surface area contributed by atoms with E-state index in [1.165, 1.54) is 18.2 Å². The number of esters is 1. The van der Waals surface area contributed by atoms with E-state index in [0.29, 0.717) is 4.47 Å². The molecule has 0 saturated carbocycles. The van der Waals surface area contributed by atoms with Crippen LogP contribution in [0.15, 0.2) is 22.7 Å². The summed E-state index contributed by atoms with van der Waals surface area (Å²) in [7, 11) is 0. The summed E-state index contributed by atoms with van der Waals surface area (Å²) in [5.74, 6) is -1.19. The summed E-state index contributed by atoms with van der Waals surface area (Å²) in [5.41, 5.74) is 0.287. The molecule has 5 heteroatoms. The molecular weight excluding hydrogens is 267 g/mol. The topological polar surface area (TPSA) is 46.5 Å². The largest absolute Gasteiger partial charge is 0.464 e. The minimum atomic E-state index is -1.39. The van der Waals surface area contributed by atoms with Crippen molar-refractivity contribution in [2.75, 3.05) is 6.61 Å². The van der Waals surface area contributed by atoms with Gasteiger partial charge < -0.3 is 9.84 Å². The van der Waals surface area contributed by atoms with E-state index < -0.39 is 17.9 Å². The Morgan fingerprint density at radius 3 is 2.87 bits per heavy atom. The smallest absolute Gasteiger partial charge is 0.339 e. The lowest BCUT2D eigenvalue weighted by atomic mass is 10.1. The third kappa shape index (κ3) is 3.00. The minimum absolute atomic E-state index is 0.189. The SMILES string of the molecule is CCOC(=O)C(O)c1ccc(F)cc1Br. The van der Waals surface area contributed by atoms with Crippen molar-refractivity contribution >= 4 is 21.9 Å². The van der Waals surface area contributed by atoms with Gasteiger partial charge in [-0.05, 0) is 19.1 Å². The first-order valence-electron chi connectivity index (χ1n) is 4.36. The van der Waals surface area contributed by atoms with Crippen LogP contribution in [0.5, 0.6) is 0 Å². The van der Waals surface area contributed by atoms with Crippen LogP contribution in [0, 0.1) is 5.82 Å². The molecule has 1 aromatic carbocycles. The molecule has 1 aromatic rings. The second-order valence-electron chi connectivity index (χ2n) is 2.82. The Bertz CT molecular complexity index is 368. The van der Waals surface area contributed by atoms with E-state index in [9.17, 15) is 14.3 Å². The van der Waals surface area contributed by atoms with Crippen molar-refractivity contribution in [2.24, 2.45) is 0 Å². The van der Waals surface area contributed by atoms with E-state index in [0.717, 1.165) is 0 Å². The molecule has 0 fully saturated rings. The van der Waals surface area contributed by atoms with Crippen LogP contribution in [0.2, 0.25) is 0 Å². The van der Waals surface area contributed by atoms with Gasteiger partial charge in [-0.1, -0.05) is 22.0 Å². The van der Waals surface area contributed by atoms with Gasteiger partial charge in [-0.2, -0.15) is 0 Å². The Kier molecular flexibility index (Phi) is 4.23. The number of benzene rings is 1. The number of rotatable bonds is 3. The number of carbonyl (C=O) groups excluding carboxylic acids is 1. The predicted molar refractivity (Wildman–Crippen MR) is 55.7 cm³/mol. The number of aliphatic hydroxyl groups excluding tert-OH is 1. The van der Waals surface area contributed by atoms with Crippen molar-refractivity contribution < 1.29 is 19.0 Å². The third-order valence-corrected chi connectivity index (χ3v) is 2.45. The van der Waals surface area contributed by atoms with E-state index in [1.54, 1.807) is 6.92 Å². The first-order valence-corrected chi connectivity index (χ1v) is 5.15. The number of ether oxygens (including phenoxy) is 1. The average Bonchev–Trinajstić information content (AvgIpc) is 2.17. The summed E-state index contributed by atoms with van der Waals surface area (Å²) in [6, 6.07) is 3.68. The lowest BCUT2D eigenvalue weighted by Crippen LogP contribution is -2.15. The molecule has 0 aromatic heterocycles. The zero-order valence-electron chi connectivity index (χ0n) is 8.04. The third-order valence-electron chi connectivity index (χ3n) is 1.77. The molecule has 0 aliphatic rings. The summed E-state index contributed by atoms with van der Waals surface area (Å²) in [6.07, 6.45) is -1.39. The van der Waals surface area contributed by atoms with Gasteiger partial charge in [-0.3, -0.25) is 0 Å². The molecule has 1 N–H and O–H groups in total. The van der Waals surface area contributed by atoms with Gasteiger partial charge in [0.1, 0.15) is 5.82 Å². The molecule has 0 bridgehead atoms. The van der Waals surface area contributed by atoms with Crippen LogP contribution in [-0.4, -0.2) is 17.7 Å². The first-order chi connectivity index (χ1) is 7.06. The zero-order chi connectivity index (χ0) is 11.4. The van der Waals surface area contributed by atoms with Crippen molar-refractivity contribution in [1.29, 1.82) is 0 Å². The Morgan fingerprint density at radius 2 is 2.33 bits per heavy atom. The highest BCUT2D eigenvalue weighted by molar-refractivity contribution is 9.10. The van der Waals surface area contributed by atoms with Gasteiger partial charge in [-0.25, -0.2) is 9.18 Å². The standard InChI is InChI=1S/C10H10BrFO3/c1-2-15-10(14)9(13)7-4-3-6(12)5-8(7)11/h3-5,9,13H,2H2,1H3. The second kappa shape index (κ2) is 5.23. The van der Waals surface area contributed by atoms with Crippen LogP contribution >= 0.6 is 15.9 Å². The monoisotopic (exact) mass is 276 g/mol. The van der Waals surface area contributed by atoms with Crippen LogP contribution in [0.3, 0.4) is 0 Å². The molecule has 82 valence electrons. The maximum Gasteiger partial charge on any atom is 0.339 e. The van der Waals surface area contributed by atoms with E-state index in [-0.39, 0.29) is 12.2 Å². The summed E-state index contributed by atoms with van der Waals surface area (Å²) in [4.78, 5) is 11.2. The maximum absolute atomic E-state index is 12.7. The van der Waals surface area contributed by atoms with E-state index in [2.05, 4.69) is 20.7 Å². The Balaban J connectivity index is 2.91. The Morgan fingerprint density at radius 1 is 1.67 bits per heavy atom. The molecule has 0 heterocycles. The zero-order valence-corrected chi connectivity index (χ0v) is 9.62. The molecular formula is C10H10BrFO3. The molecule has 1 atom stereocenters.